The summed E-state index contributed by atoms with van der Waals surface area (Å²) in [5, 5.41) is 6.72. The van der Waals surface area contributed by atoms with Crippen molar-refractivity contribution in [1.82, 2.24) is 20.2 Å². The largest absolute Gasteiger partial charge is 0.461 e. The Bertz CT molecular complexity index is 1240. The van der Waals surface area contributed by atoms with Gasteiger partial charge in [0.2, 0.25) is 0 Å². The number of ether oxygens (including phenoxy) is 1. The molecule has 0 bridgehead atoms. The number of aromatic amines is 2. The van der Waals surface area contributed by atoms with E-state index in [4.69, 9.17) is 4.74 Å². The topological polar surface area (TPSA) is 101 Å². The van der Waals surface area contributed by atoms with E-state index in [1.807, 2.05) is 0 Å². The minimum absolute atomic E-state index is 0.0673. The number of para-hydroxylation sites is 1. The number of hydrogen-bond acceptors (Lipinski definition) is 5. The number of halogens is 2. The highest BCUT2D eigenvalue weighted by Gasteiger charge is 2.21. The van der Waals surface area contributed by atoms with Gasteiger partial charge in [-0.2, -0.15) is 5.10 Å². The SMILES string of the molecule is CC(=O)OCc1cccc2[nH]c(-c3[nH]ncc3CC(=O)c3c(F)cccc3F)nc12. The molecule has 30 heavy (non-hydrogen) atoms. The number of hydrogen-bond donors (Lipinski definition) is 2. The van der Waals surface area contributed by atoms with Crippen molar-refractivity contribution in [2.45, 2.75) is 20.0 Å². The van der Waals surface area contributed by atoms with Crippen LogP contribution in [0.1, 0.15) is 28.4 Å². The molecule has 4 aromatic rings. The van der Waals surface area contributed by atoms with Crippen LogP contribution in [-0.2, 0) is 22.6 Å². The molecule has 0 amide bonds. The van der Waals surface area contributed by atoms with E-state index in [0.29, 0.717) is 33.7 Å². The summed E-state index contributed by atoms with van der Waals surface area (Å²) in [5.74, 6) is -2.54. The fraction of sp³-hybridized carbons (Fsp3) is 0.143. The Labute approximate surface area is 169 Å². The fourth-order valence-corrected chi connectivity index (χ4v) is 3.18. The van der Waals surface area contributed by atoms with E-state index in [9.17, 15) is 18.4 Å². The number of H-pyrrole nitrogens is 2. The Balaban J connectivity index is 1.66. The standard InChI is InChI=1S/C21H16F2N4O3/c1-11(28)30-10-12-4-2-7-16-19(12)26-21(25-16)20-13(9-24-27-20)8-17(29)18-14(22)5-3-6-15(18)23/h2-7,9H,8,10H2,1H3,(H,24,27)(H,25,26). The maximum Gasteiger partial charge on any atom is 0.302 e. The molecule has 0 aliphatic heterocycles. The first-order chi connectivity index (χ1) is 14.4. The molecule has 0 atom stereocenters. The van der Waals surface area contributed by atoms with Gasteiger partial charge in [-0.3, -0.25) is 14.7 Å². The Morgan fingerprint density at radius 3 is 2.53 bits per heavy atom. The van der Waals surface area contributed by atoms with Gasteiger partial charge in [0, 0.05) is 24.5 Å². The van der Waals surface area contributed by atoms with E-state index in [-0.39, 0.29) is 13.0 Å². The van der Waals surface area contributed by atoms with Gasteiger partial charge in [-0.05, 0) is 18.2 Å². The highest BCUT2D eigenvalue weighted by Crippen LogP contribution is 2.26. The van der Waals surface area contributed by atoms with Crippen LogP contribution >= 0.6 is 0 Å². The predicted molar refractivity (Wildman–Crippen MR) is 104 cm³/mol. The number of rotatable bonds is 6. The molecule has 152 valence electrons. The van der Waals surface area contributed by atoms with E-state index < -0.39 is 29.0 Å². The Morgan fingerprint density at radius 2 is 1.80 bits per heavy atom. The highest BCUT2D eigenvalue weighted by atomic mass is 19.1. The lowest BCUT2D eigenvalue weighted by atomic mass is 10.0. The van der Waals surface area contributed by atoms with Gasteiger partial charge in [-0.15, -0.1) is 0 Å². The van der Waals surface area contributed by atoms with Gasteiger partial charge in [0.25, 0.3) is 0 Å². The normalized spacial score (nSPS) is 11.0. The van der Waals surface area contributed by atoms with Crippen LogP contribution in [0.5, 0.6) is 0 Å². The third-order valence-electron chi connectivity index (χ3n) is 4.57. The first kappa shape index (κ1) is 19.4. The number of carbonyl (C=O) groups is 2. The lowest BCUT2D eigenvalue weighted by Gasteiger charge is -2.04. The van der Waals surface area contributed by atoms with Crippen molar-refractivity contribution in [1.29, 1.82) is 0 Å². The van der Waals surface area contributed by atoms with E-state index in [1.165, 1.54) is 19.2 Å². The summed E-state index contributed by atoms with van der Waals surface area (Å²) < 4.78 is 32.9. The van der Waals surface area contributed by atoms with Crippen LogP contribution < -0.4 is 0 Å². The van der Waals surface area contributed by atoms with Crippen LogP contribution in [0.4, 0.5) is 8.78 Å². The molecule has 7 nitrogen and oxygen atoms in total. The smallest absolute Gasteiger partial charge is 0.302 e. The molecule has 4 rings (SSSR count). The van der Waals surface area contributed by atoms with E-state index in [0.717, 1.165) is 12.1 Å². The summed E-state index contributed by atoms with van der Waals surface area (Å²) in [6.45, 7) is 1.39. The second-order valence-electron chi connectivity index (χ2n) is 6.65. The van der Waals surface area contributed by atoms with E-state index in [2.05, 4.69) is 20.2 Å². The summed E-state index contributed by atoms with van der Waals surface area (Å²) in [7, 11) is 0. The fourth-order valence-electron chi connectivity index (χ4n) is 3.18. The van der Waals surface area contributed by atoms with Crippen molar-refractivity contribution in [3.05, 3.63) is 70.9 Å². The zero-order valence-electron chi connectivity index (χ0n) is 15.8. The lowest BCUT2D eigenvalue weighted by Crippen LogP contribution is -2.09. The third-order valence-corrected chi connectivity index (χ3v) is 4.57. The molecule has 0 aliphatic carbocycles. The minimum atomic E-state index is -0.913. The van der Waals surface area contributed by atoms with Crippen molar-refractivity contribution < 1.29 is 23.1 Å². The summed E-state index contributed by atoms with van der Waals surface area (Å²) in [6, 6.07) is 8.66. The van der Waals surface area contributed by atoms with Gasteiger partial charge in [-0.1, -0.05) is 18.2 Å². The number of aromatic nitrogens is 4. The third kappa shape index (κ3) is 3.69. The molecule has 2 aromatic heterocycles. The molecule has 2 aromatic carbocycles. The molecule has 0 fully saturated rings. The molecule has 0 saturated carbocycles. The van der Waals surface area contributed by atoms with Gasteiger partial charge in [0.05, 0.1) is 22.8 Å². The number of carbonyl (C=O) groups excluding carboxylic acids is 2. The number of nitrogens with zero attached hydrogens (tertiary/aromatic N) is 2. The number of benzene rings is 2. The number of nitrogens with one attached hydrogen (secondary N) is 2. The molecule has 0 aliphatic rings. The van der Waals surface area contributed by atoms with Gasteiger partial charge in [0.15, 0.2) is 11.6 Å². The van der Waals surface area contributed by atoms with Crippen molar-refractivity contribution in [3.63, 3.8) is 0 Å². The molecular formula is C21H16F2N4O3. The second kappa shape index (κ2) is 7.86. The number of fused-ring (bicyclic) bond motifs is 1. The molecule has 0 unspecified atom stereocenters. The maximum atomic E-state index is 13.9. The van der Waals surface area contributed by atoms with Crippen molar-refractivity contribution >= 4 is 22.8 Å². The van der Waals surface area contributed by atoms with Crippen LogP contribution in [-0.4, -0.2) is 31.9 Å². The quantitative estimate of drug-likeness (QED) is 0.373. The minimum Gasteiger partial charge on any atom is -0.461 e. The Hall–Kier alpha value is -3.88. The summed E-state index contributed by atoms with van der Waals surface area (Å²) >= 11 is 0. The van der Waals surface area contributed by atoms with Gasteiger partial charge < -0.3 is 9.72 Å². The number of ketones is 1. The van der Waals surface area contributed by atoms with E-state index >= 15 is 0 Å². The summed E-state index contributed by atoms with van der Waals surface area (Å²) in [4.78, 5) is 31.3. The maximum absolute atomic E-state index is 13.9. The van der Waals surface area contributed by atoms with Crippen LogP contribution in [0, 0.1) is 11.6 Å². The zero-order chi connectivity index (χ0) is 21.3. The van der Waals surface area contributed by atoms with Crippen molar-refractivity contribution in [2.75, 3.05) is 0 Å². The van der Waals surface area contributed by atoms with Gasteiger partial charge in [0.1, 0.15) is 23.9 Å². The molecule has 0 saturated heterocycles. The monoisotopic (exact) mass is 410 g/mol. The molecule has 9 heteroatoms. The number of esters is 1. The summed E-state index contributed by atoms with van der Waals surface area (Å²) in [5.41, 5.74) is 2.27. The highest BCUT2D eigenvalue weighted by molar-refractivity contribution is 5.98. The van der Waals surface area contributed by atoms with Gasteiger partial charge >= 0.3 is 5.97 Å². The molecule has 2 N–H and O–H groups in total. The molecule has 0 radical (unpaired) electrons. The van der Waals surface area contributed by atoms with E-state index in [1.54, 1.807) is 18.2 Å². The molecular weight excluding hydrogens is 394 g/mol. The predicted octanol–water partition coefficient (Wildman–Crippen LogP) is 3.72. The molecule has 0 spiro atoms. The van der Waals surface area contributed by atoms with Crippen LogP contribution in [0.2, 0.25) is 0 Å². The average molecular weight is 410 g/mol. The van der Waals surface area contributed by atoms with Crippen LogP contribution in [0.15, 0.2) is 42.6 Å². The lowest BCUT2D eigenvalue weighted by molar-refractivity contribution is -0.142. The molecule has 2 heterocycles. The van der Waals surface area contributed by atoms with Crippen LogP contribution in [0.3, 0.4) is 0 Å². The van der Waals surface area contributed by atoms with Crippen molar-refractivity contribution in [2.24, 2.45) is 0 Å². The van der Waals surface area contributed by atoms with Crippen LogP contribution in [0.25, 0.3) is 22.6 Å². The summed E-state index contributed by atoms with van der Waals surface area (Å²) in [6.07, 6.45) is 1.15. The first-order valence-corrected chi connectivity index (χ1v) is 9.05. The Morgan fingerprint density at radius 1 is 1.07 bits per heavy atom. The van der Waals surface area contributed by atoms with Gasteiger partial charge in [-0.25, -0.2) is 13.8 Å². The second-order valence-corrected chi connectivity index (χ2v) is 6.65. The average Bonchev–Trinajstić information content (AvgIpc) is 3.32. The number of Topliss-reactive ketones (excluding diaryl/α,β-unsaturated/α-hetero) is 1. The van der Waals surface area contributed by atoms with Crippen molar-refractivity contribution in [3.8, 4) is 11.5 Å². The zero-order valence-corrected chi connectivity index (χ0v) is 15.8. The first-order valence-electron chi connectivity index (χ1n) is 9.05. The number of imidazole rings is 1. The Kier molecular flexibility index (Phi) is 5.09.